The van der Waals surface area contributed by atoms with Gasteiger partial charge in [0, 0.05) is 18.0 Å². The number of para-hydroxylation sites is 1. The third-order valence-corrected chi connectivity index (χ3v) is 4.86. The van der Waals surface area contributed by atoms with Gasteiger partial charge in [-0.15, -0.1) is 11.6 Å². The maximum absolute atomic E-state index is 12.4. The molecule has 0 aliphatic carbocycles. The SMILES string of the molecule is O=S(=O)(NCc1ccccc1OC(F)F)c1ccc(CCCl)cc1. The number of sulfonamides is 1. The van der Waals surface area contributed by atoms with E-state index in [1.54, 1.807) is 18.2 Å². The van der Waals surface area contributed by atoms with E-state index < -0.39 is 16.6 Å². The zero-order valence-electron chi connectivity index (χ0n) is 12.6. The van der Waals surface area contributed by atoms with Gasteiger partial charge in [0.25, 0.3) is 0 Å². The first-order valence-corrected chi connectivity index (χ1v) is 9.11. The van der Waals surface area contributed by atoms with Gasteiger partial charge >= 0.3 is 6.61 Å². The molecule has 8 heteroatoms. The Balaban J connectivity index is 2.10. The van der Waals surface area contributed by atoms with Crippen molar-refractivity contribution in [3.8, 4) is 5.75 Å². The number of halogens is 3. The molecule has 2 aromatic rings. The van der Waals surface area contributed by atoms with Gasteiger partial charge in [-0.1, -0.05) is 30.3 Å². The lowest BCUT2D eigenvalue weighted by atomic mass is 10.2. The Morgan fingerprint density at radius 3 is 2.38 bits per heavy atom. The summed E-state index contributed by atoms with van der Waals surface area (Å²) in [5, 5.41) is 0. The average molecular weight is 376 g/mol. The van der Waals surface area contributed by atoms with Gasteiger partial charge in [0.2, 0.25) is 10.0 Å². The van der Waals surface area contributed by atoms with Gasteiger partial charge in [0.05, 0.1) is 4.90 Å². The summed E-state index contributed by atoms with van der Waals surface area (Å²) in [4.78, 5) is 0.0908. The molecule has 0 saturated carbocycles. The van der Waals surface area contributed by atoms with Crippen molar-refractivity contribution in [2.24, 2.45) is 0 Å². The number of ether oxygens (including phenoxy) is 1. The van der Waals surface area contributed by atoms with E-state index in [2.05, 4.69) is 9.46 Å². The summed E-state index contributed by atoms with van der Waals surface area (Å²) in [5.41, 5.74) is 1.25. The first-order valence-electron chi connectivity index (χ1n) is 7.09. The van der Waals surface area contributed by atoms with Crippen LogP contribution in [-0.2, 0) is 23.0 Å². The Bertz CT molecular complexity index is 767. The molecule has 0 saturated heterocycles. The first-order chi connectivity index (χ1) is 11.4. The van der Waals surface area contributed by atoms with E-state index in [4.69, 9.17) is 11.6 Å². The van der Waals surface area contributed by atoms with Crippen LogP contribution in [0.5, 0.6) is 5.75 Å². The highest BCUT2D eigenvalue weighted by Gasteiger charge is 2.16. The van der Waals surface area contributed by atoms with Crippen LogP contribution in [0, 0.1) is 0 Å². The number of aryl methyl sites for hydroxylation is 1. The molecule has 0 heterocycles. The molecule has 0 amide bonds. The monoisotopic (exact) mass is 375 g/mol. The molecule has 0 aliphatic heterocycles. The Kier molecular flexibility index (Phi) is 6.53. The highest BCUT2D eigenvalue weighted by Crippen LogP contribution is 2.21. The van der Waals surface area contributed by atoms with E-state index in [1.807, 2.05) is 0 Å². The van der Waals surface area contributed by atoms with E-state index in [-0.39, 0.29) is 17.2 Å². The van der Waals surface area contributed by atoms with Gasteiger partial charge < -0.3 is 4.74 Å². The third kappa shape index (κ3) is 5.15. The number of hydrogen-bond acceptors (Lipinski definition) is 3. The van der Waals surface area contributed by atoms with Crippen LogP contribution in [0.25, 0.3) is 0 Å². The molecule has 1 N–H and O–H groups in total. The molecule has 0 spiro atoms. The number of alkyl halides is 3. The number of nitrogens with one attached hydrogen (secondary N) is 1. The molecule has 0 fully saturated rings. The molecule has 2 rings (SSSR count). The van der Waals surface area contributed by atoms with Crippen LogP contribution in [0.1, 0.15) is 11.1 Å². The van der Waals surface area contributed by atoms with Crippen molar-refractivity contribution < 1.29 is 21.9 Å². The Morgan fingerprint density at radius 2 is 1.75 bits per heavy atom. The van der Waals surface area contributed by atoms with Crippen LogP contribution in [0.4, 0.5) is 8.78 Å². The molecule has 0 aliphatic rings. The minimum absolute atomic E-state index is 0.0624. The summed E-state index contributed by atoms with van der Waals surface area (Å²) in [6.45, 7) is -3.13. The standard InChI is InChI=1S/C16H16ClF2NO3S/c17-10-9-12-5-7-14(8-6-12)24(21,22)20-11-13-3-1-2-4-15(13)23-16(18)19/h1-8,16,20H,9-11H2. The average Bonchev–Trinajstić information content (AvgIpc) is 2.54. The molecule has 0 bridgehead atoms. The zero-order chi connectivity index (χ0) is 17.6. The maximum atomic E-state index is 12.4. The summed E-state index contributed by atoms with van der Waals surface area (Å²) in [6.07, 6.45) is 0.646. The fraction of sp³-hybridized carbons (Fsp3) is 0.250. The first kappa shape index (κ1) is 18.6. The van der Waals surface area contributed by atoms with Crippen LogP contribution in [0.2, 0.25) is 0 Å². The van der Waals surface area contributed by atoms with Crippen LogP contribution in [0.15, 0.2) is 53.4 Å². The van der Waals surface area contributed by atoms with Crippen molar-refractivity contribution in [2.75, 3.05) is 5.88 Å². The summed E-state index contributed by atoms with van der Waals surface area (Å²) in [5.74, 6) is 0.387. The molecule has 0 radical (unpaired) electrons. The lowest BCUT2D eigenvalue weighted by Crippen LogP contribution is -2.23. The van der Waals surface area contributed by atoms with Crippen molar-refractivity contribution in [2.45, 2.75) is 24.5 Å². The second-order valence-electron chi connectivity index (χ2n) is 4.89. The lowest BCUT2D eigenvalue weighted by Gasteiger charge is -2.12. The second kappa shape index (κ2) is 8.41. The molecule has 24 heavy (non-hydrogen) atoms. The van der Waals surface area contributed by atoms with Crippen LogP contribution in [0.3, 0.4) is 0 Å². The van der Waals surface area contributed by atoms with Gasteiger partial charge in [0.1, 0.15) is 5.75 Å². The molecular weight excluding hydrogens is 360 g/mol. The van der Waals surface area contributed by atoms with Crippen LogP contribution >= 0.6 is 11.6 Å². The van der Waals surface area contributed by atoms with Crippen molar-refractivity contribution >= 4 is 21.6 Å². The highest BCUT2D eigenvalue weighted by molar-refractivity contribution is 7.89. The van der Waals surface area contributed by atoms with E-state index in [0.29, 0.717) is 17.9 Å². The van der Waals surface area contributed by atoms with Gasteiger partial charge in [-0.2, -0.15) is 8.78 Å². The zero-order valence-corrected chi connectivity index (χ0v) is 14.2. The molecule has 2 aromatic carbocycles. The third-order valence-electron chi connectivity index (χ3n) is 3.26. The molecular formula is C16H16ClF2NO3S. The molecule has 0 unspecified atom stereocenters. The van der Waals surface area contributed by atoms with Crippen molar-refractivity contribution in [3.05, 3.63) is 59.7 Å². The van der Waals surface area contributed by atoms with Gasteiger partial charge in [-0.05, 0) is 30.2 Å². The van der Waals surface area contributed by atoms with E-state index in [1.165, 1.54) is 30.3 Å². The largest absolute Gasteiger partial charge is 0.434 e. The summed E-state index contributed by atoms with van der Waals surface area (Å²) in [6, 6.07) is 12.3. The predicted molar refractivity (Wildman–Crippen MR) is 88.0 cm³/mol. The van der Waals surface area contributed by atoms with Gasteiger partial charge in [-0.25, -0.2) is 13.1 Å². The topological polar surface area (TPSA) is 55.4 Å². The van der Waals surface area contributed by atoms with Gasteiger partial charge in [-0.3, -0.25) is 0 Å². The molecule has 130 valence electrons. The van der Waals surface area contributed by atoms with E-state index >= 15 is 0 Å². The summed E-state index contributed by atoms with van der Waals surface area (Å²) >= 11 is 5.64. The summed E-state index contributed by atoms with van der Waals surface area (Å²) < 4.78 is 56.1. The quantitative estimate of drug-likeness (QED) is 0.718. The minimum atomic E-state index is -3.76. The molecule has 0 atom stereocenters. The smallest absolute Gasteiger partial charge is 0.387 e. The number of rotatable bonds is 8. The van der Waals surface area contributed by atoms with Crippen molar-refractivity contribution in [3.63, 3.8) is 0 Å². The Morgan fingerprint density at radius 1 is 1.08 bits per heavy atom. The Labute approximate surface area is 144 Å². The maximum Gasteiger partial charge on any atom is 0.387 e. The fourth-order valence-corrected chi connectivity index (χ4v) is 3.29. The lowest BCUT2D eigenvalue weighted by molar-refractivity contribution is -0.0504. The second-order valence-corrected chi connectivity index (χ2v) is 7.04. The van der Waals surface area contributed by atoms with Gasteiger partial charge in [0.15, 0.2) is 0 Å². The Hall–Kier alpha value is -1.70. The number of benzene rings is 2. The van der Waals surface area contributed by atoms with E-state index in [9.17, 15) is 17.2 Å². The normalized spacial score (nSPS) is 11.7. The highest BCUT2D eigenvalue weighted by atomic mass is 35.5. The molecule has 4 nitrogen and oxygen atoms in total. The fourth-order valence-electron chi connectivity index (χ4n) is 2.06. The van der Waals surface area contributed by atoms with Crippen molar-refractivity contribution in [1.29, 1.82) is 0 Å². The molecule has 0 aromatic heterocycles. The minimum Gasteiger partial charge on any atom is -0.434 e. The van der Waals surface area contributed by atoms with E-state index in [0.717, 1.165) is 5.56 Å². The summed E-state index contributed by atoms with van der Waals surface area (Å²) in [7, 11) is -3.76. The van der Waals surface area contributed by atoms with Crippen molar-refractivity contribution in [1.82, 2.24) is 4.72 Å². The van der Waals surface area contributed by atoms with Crippen LogP contribution < -0.4 is 9.46 Å². The predicted octanol–water partition coefficient (Wildman–Crippen LogP) is 3.55. The van der Waals surface area contributed by atoms with Crippen LogP contribution in [-0.4, -0.2) is 20.9 Å². The number of hydrogen-bond donors (Lipinski definition) is 1.